The van der Waals surface area contributed by atoms with E-state index in [9.17, 15) is 0 Å². The van der Waals surface area contributed by atoms with E-state index in [1.54, 1.807) is 0 Å². The second-order valence-electron chi connectivity index (χ2n) is 12.9. The fourth-order valence-corrected chi connectivity index (χ4v) is 7.56. The zero-order valence-electron chi connectivity index (χ0n) is 27.1. The van der Waals surface area contributed by atoms with Crippen LogP contribution in [0.3, 0.4) is 0 Å². The highest BCUT2D eigenvalue weighted by molar-refractivity contribution is 6.21. The molecule has 4 heterocycles. The van der Waals surface area contributed by atoms with Crippen LogP contribution in [0, 0.1) is 0 Å². The van der Waals surface area contributed by atoms with Gasteiger partial charge < -0.3 is 18.6 Å². The molecule has 0 bridgehead atoms. The standard InChI is InChI=1S/C45H27N3O3/c1-2-11-26(12-3-1)43-46-44(27-23-24-39-36(25-27)29-14-5-6-21-37(29)49-39)48-45(47-43)35-20-10-19-34-33-18-9-17-32(41(33)51-42(34)35)31-16-8-15-30-28-13-4-7-22-38(28)50-40(30)31/h1-25,44H,(H,46,47,48). The van der Waals surface area contributed by atoms with Crippen LogP contribution < -0.4 is 5.32 Å². The molecule has 3 aromatic heterocycles. The zero-order chi connectivity index (χ0) is 33.5. The molecule has 0 radical (unpaired) electrons. The first-order valence-corrected chi connectivity index (χ1v) is 17.0. The summed E-state index contributed by atoms with van der Waals surface area (Å²) in [5.74, 6) is 1.34. The highest BCUT2D eigenvalue weighted by Gasteiger charge is 2.25. The van der Waals surface area contributed by atoms with Crippen molar-refractivity contribution in [3.05, 3.63) is 168 Å². The molecule has 51 heavy (non-hydrogen) atoms. The average molecular weight is 658 g/mol. The number of amidine groups is 2. The topological polar surface area (TPSA) is 76.2 Å². The molecule has 0 aliphatic carbocycles. The SMILES string of the molecule is c1ccc(C2=NC(c3cccc4c3oc3c(-c5cccc6c5oc5ccccc56)cccc34)=NC(c3ccc4oc5ccccc5c4c3)N2)cc1. The highest BCUT2D eigenvalue weighted by Crippen LogP contribution is 2.42. The maximum absolute atomic E-state index is 6.90. The zero-order valence-corrected chi connectivity index (χ0v) is 27.1. The number of para-hydroxylation sites is 5. The van der Waals surface area contributed by atoms with E-state index >= 15 is 0 Å². The van der Waals surface area contributed by atoms with E-state index in [0.717, 1.165) is 99.5 Å². The first-order chi connectivity index (χ1) is 25.3. The number of hydrogen-bond acceptors (Lipinski definition) is 6. The third-order valence-corrected chi connectivity index (χ3v) is 9.97. The van der Waals surface area contributed by atoms with Crippen LogP contribution in [-0.4, -0.2) is 11.7 Å². The summed E-state index contributed by atoms with van der Waals surface area (Å²) in [6.45, 7) is 0. The van der Waals surface area contributed by atoms with Gasteiger partial charge in [-0.15, -0.1) is 0 Å². The summed E-state index contributed by atoms with van der Waals surface area (Å²) in [7, 11) is 0. The summed E-state index contributed by atoms with van der Waals surface area (Å²) >= 11 is 0. The Hall–Kier alpha value is -6.92. The van der Waals surface area contributed by atoms with E-state index in [1.807, 2.05) is 66.7 Å². The van der Waals surface area contributed by atoms with Crippen LogP contribution in [0.1, 0.15) is 22.9 Å². The Balaban J connectivity index is 1.10. The quantitative estimate of drug-likeness (QED) is 0.204. The van der Waals surface area contributed by atoms with Crippen molar-refractivity contribution < 1.29 is 13.3 Å². The lowest BCUT2D eigenvalue weighted by atomic mass is 9.99. The van der Waals surface area contributed by atoms with E-state index in [4.69, 9.17) is 23.2 Å². The molecule has 1 unspecified atom stereocenters. The van der Waals surface area contributed by atoms with Crippen LogP contribution in [0.25, 0.3) is 76.9 Å². The molecule has 1 atom stereocenters. The summed E-state index contributed by atoms with van der Waals surface area (Å²) in [4.78, 5) is 10.4. The maximum atomic E-state index is 6.90. The minimum Gasteiger partial charge on any atom is -0.456 e. The minimum atomic E-state index is -0.397. The number of benzene rings is 7. The monoisotopic (exact) mass is 657 g/mol. The molecule has 7 aromatic carbocycles. The molecule has 0 fully saturated rings. The van der Waals surface area contributed by atoms with Crippen molar-refractivity contribution in [3.63, 3.8) is 0 Å². The molecular formula is C45H27N3O3. The minimum absolute atomic E-state index is 0.397. The van der Waals surface area contributed by atoms with Gasteiger partial charge in [0.25, 0.3) is 0 Å². The summed E-state index contributed by atoms with van der Waals surface area (Å²) in [5, 5.41) is 9.94. The number of hydrogen-bond donors (Lipinski definition) is 1. The van der Waals surface area contributed by atoms with Crippen molar-refractivity contribution in [2.45, 2.75) is 6.17 Å². The van der Waals surface area contributed by atoms with E-state index in [1.165, 1.54) is 0 Å². The highest BCUT2D eigenvalue weighted by atomic mass is 16.3. The van der Waals surface area contributed by atoms with Crippen LogP contribution in [-0.2, 0) is 0 Å². The van der Waals surface area contributed by atoms with Gasteiger partial charge in [-0.25, -0.2) is 9.98 Å². The number of fused-ring (bicyclic) bond motifs is 9. The van der Waals surface area contributed by atoms with Gasteiger partial charge in [0.15, 0.2) is 5.84 Å². The predicted octanol–water partition coefficient (Wildman–Crippen LogP) is 11.5. The summed E-state index contributed by atoms with van der Waals surface area (Å²) in [6.07, 6.45) is -0.397. The molecule has 0 saturated carbocycles. The molecular weight excluding hydrogens is 631 g/mol. The van der Waals surface area contributed by atoms with Crippen molar-refractivity contribution in [1.82, 2.24) is 5.32 Å². The van der Waals surface area contributed by atoms with Crippen LogP contribution in [0.4, 0.5) is 0 Å². The van der Waals surface area contributed by atoms with E-state index in [-0.39, 0.29) is 0 Å². The Bertz CT molecular complexity index is 3070. The van der Waals surface area contributed by atoms with Crippen molar-refractivity contribution in [2.75, 3.05) is 0 Å². The smallest absolute Gasteiger partial charge is 0.163 e. The lowest BCUT2D eigenvalue weighted by Crippen LogP contribution is -2.33. The summed E-state index contributed by atoms with van der Waals surface area (Å²) < 4.78 is 19.5. The van der Waals surface area contributed by atoms with Gasteiger partial charge in [0, 0.05) is 49.0 Å². The number of aliphatic imine (C=N–C) groups is 2. The number of nitrogens with zero attached hydrogens (tertiary/aromatic N) is 2. The molecule has 1 N–H and O–H groups in total. The normalized spacial score (nSPS) is 14.9. The molecule has 0 saturated heterocycles. The van der Waals surface area contributed by atoms with Crippen molar-refractivity contribution in [3.8, 4) is 11.1 Å². The summed E-state index contributed by atoms with van der Waals surface area (Å²) in [5.41, 5.74) is 9.72. The second-order valence-corrected chi connectivity index (χ2v) is 12.9. The Morgan fingerprint density at radius 3 is 1.73 bits per heavy atom. The average Bonchev–Trinajstić information content (AvgIpc) is 3.89. The van der Waals surface area contributed by atoms with Gasteiger partial charge in [0.1, 0.15) is 45.5 Å². The van der Waals surface area contributed by atoms with E-state index in [2.05, 4.69) is 90.2 Å². The molecule has 6 heteroatoms. The number of furan rings is 3. The van der Waals surface area contributed by atoms with Gasteiger partial charge in [-0.1, -0.05) is 121 Å². The Morgan fingerprint density at radius 1 is 0.431 bits per heavy atom. The number of nitrogens with one attached hydrogen (secondary N) is 1. The Labute approximate surface area is 291 Å². The van der Waals surface area contributed by atoms with Crippen LogP contribution in [0.5, 0.6) is 0 Å². The van der Waals surface area contributed by atoms with Gasteiger partial charge in [-0.05, 0) is 35.9 Å². The van der Waals surface area contributed by atoms with E-state index in [0.29, 0.717) is 5.84 Å². The largest absolute Gasteiger partial charge is 0.456 e. The molecule has 240 valence electrons. The van der Waals surface area contributed by atoms with Gasteiger partial charge >= 0.3 is 0 Å². The van der Waals surface area contributed by atoms with Crippen molar-refractivity contribution in [2.24, 2.45) is 9.98 Å². The molecule has 6 nitrogen and oxygen atoms in total. The van der Waals surface area contributed by atoms with Crippen molar-refractivity contribution in [1.29, 1.82) is 0 Å². The molecule has 1 aliphatic heterocycles. The Morgan fingerprint density at radius 2 is 0.980 bits per heavy atom. The summed E-state index contributed by atoms with van der Waals surface area (Å²) in [6, 6.07) is 51.5. The van der Waals surface area contributed by atoms with Gasteiger partial charge in [-0.2, -0.15) is 0 Å². The lowest BCUT2D eigenvalue weighted by molar-refractivity contribution is 0.660. The third-order valence-electron chi connectivity index (χ3n) is 9.97. The van der Waals surface area contributed by atoms with Crippen molar-refractivity contribution >= 4 is 77.5 Å². The van der Waals surface area contributed by atoms with Crippen LogP contribution >= 0.6 is 0 Å². The van der Waals surface area contributed by atoms with Crippen LogP contribution in [0.15, 0.2) is 175 Å². The lowest BCUT2D eigenvalue weighted by Gasteiger charge is -2.23. The first kappa shape index (κ1) is 28.0. The third kappa shape index (κ3) is 4.30. The fraction of sp³-hybridized carbons (Fsp3) is 0.0222. The fourth-order valence-electron chi connectivity index (χ4n) is 7.56. The molecule has 0 amide bonds. The first-order valence-electron chi connectivity index (χ1n) is 17.0. The molecule has 1 aliphatic rings. The molecule has 11 rings (SSSR count). The molecule has 10 aromatic rings. The Kier molecular flexibility index (Phi) is 5.92. The van der Waals surface area contributed by atoms with E-state index < -0.39 is 6.17 Å². The van der Waals surface area contributed by atoms with Gasteiger partial charge in [-0.3, -0.25) is 0 Å². The number of rotatable bonds is 4. The van der Waals surface area contributed by atoms with Gasteiger partial charge in [0.2, 0.25) is 0 Å². The molecule has 0 spiro atoms. The second kappa shape index (κ2) is 10.8. The maximum Gasteiger partial charge on any atom is 0.163 e. The van der Waals surface area contributed by atoms with Crippen LogP contribution in [0.2, 0.25) is 0 Å². The predicted molar refractivity (Wildman–Crippen MR) is 206 cm³/mol. The van der Waals surface area contributed by atoms with Gasteiger partial charge in [0.05, 0.1) is 5.56 Å².